The molecule has 1 atom stereocenters. The van der Waals surface area contributed by atoms with Crippen LogP contribution in [0.2, 0.25) is 0 Å². The molecule has 2 aromatic rings. The number of carbonyl (C=O) groups is 2. The summed E-state index contributed by atoms with van der Waals surface area (Å²) in [5.41, 5.74) is 2.03. The normalized spacial score (nSPS) is 14.2. The van der Waals surface area contributed by atoms with E-state index in [2.05, 4.69) is 32.1 Å². The molecule has 1 aliphatic carbocycles. The molecule has 1 fully saturated rings. The van der Waals surface area contributed by atoms with Gasteiger partial charge in [0.05, 0.1) is 18.0 Å². The third-order valence-corrected chi connectivity index (χ3v) is 4.01. The SMILES string of the molecule is CNc1c(-c2cnn(C(=O)NC(C#N)C3CC3)c2)ccnc1NC=O. The fraction of sp³-hybridized carbons (Fsp3) is 0.312. The second-order valence-electron chi connectivity index (χ2n) is 5.66. The Labute approximate surface area is 144 Å². The highest BCUT2D eigenvalue weighted by Crippen LogP contribution is 2.33. The van der Waals surface area contributed by atoms with Gasteiger partial charge in [-0.25, -0.2) is 9.78 Å². The average molecular weight is 339 g/mol. The zero-order valence-corrected chi connectivity index (χ0v) is 13.6. The molecule has 0 saturated heterocycles. The van der Waals surface area contributed by atoms with Crippen LogP contribution in [0.25, 0.3) is 11.1 Å². The van der Waals surface area contributed by atoms with Crippen LogP contribution in [0.15, 0.2) is 24.7 Å². The summed E-state index contributed by atoms with van der Waals surface area (Å²) >= 11 is 0. The Morgan fingerprint density at radius 1 is 1.52 bits per heavy atom. The molecular weight excluding hydrogens is 322 g/mol. The lowest BCUT2D eigenvalue weighted by molar-refractivity contribution is -0.105. The van der Waals surface area contributed by atoms with Crippen molar-refractivity contribution in [2.45, 2.75) is 18.9 Å². The second kappa shape index (κ2) is 7.00. The molecule has 0 spiro atoms. The lowest BCUT2D eigenvalue weighted by atomic mass is 10.1. The van der Waals surface area contributed by atoms with Gasteiger partial charge in [-0.15, -0.1) is 0 Å². The molecule has 0 radical (unpaired) electrons. The van der Waals surface area contributed by atoms with Crippen molar-refractivity contribution in [2.24, 2.45) is 5.92 Å². The Hall–Kier alpha value is -3.41. The number of amides is 2. The van der Waals surface area contributed by atoms with E-state index < -0.39 is 12.1 Å². The molecule has 25 heavy (non-hydrogen) atoms. The van der Waals surface area contributed by atoms with Crippen molar-refractivity contribution < 1.29 is 9.59 Å². The molecule has 128 valence electrons. The number of hydrogen-bond donors (Lipinski definition) is 3. The van der Waals surface area contributed by atoms with E-state index >= 15 is 0 Å². The summed E-state index contributed by atoms with van der Waals surface area (Å²) in [6.07, 6.45) is 7.12. The summed E-state index contributed by atoms with van der Waals surface area (Å²) in [4.78, 5) is 27.1. The number of hydrogen-bond acceptors (Lipinski definition) is 6. The van der Waals surface area contributed by atoms with Crippen molar-refractivity contribution in [1.82, 2.24) is 20.1 Å². The van der Waals surface area contributed by atoms with Crippen molar-refractivity contribution in [3.63, 3.8) is 0 Å². The topological polar surface area (TPSA) is 125 Å². The van der Waals surface area contributed by atoms with Gasteiger partial charge < -0.3 is 16.0 Å². The number of aromatic nitrogens is 3. The Kier molecular flexibility index (Phi) is 4.61. The third-order valence-electron chi connectivity index (χ3n) is 4.01. The minimum Gasteiger partial charge on any atom is -0.385 e. The number of nitriles is 1. The maximum atomic E-state index is 12.3. The molecule has 3 rings (SSSR count). The smallest absolute Gasteiger partial charge is 0.343 e. The zero-order chi connectivity index (χ0) is 17.8. The van der Waals surface area contributed by atoms with Crippen LogP contribution in [-0.2, 0) is 4.79 Å². The van der Waals surface area contributed by atoms with Crippen LogP contribution in [0.1, 0.15) is 12.8 Å². The molecule has 0 bridgehead atoms. The van der Waals surface area contributed by atoms with E-state index in [1.807, 2.05) is 0 Å². The summed E-state index contributed by atoms with van der Waals surface area (Å²) in [6, 6.07) is 2.93. The number of anilines is 2. The van der Waals surface area contributed by atoms with Crippen LogP contribution in [0.3, 0.4) is 0 Å². The van der Waals surface area contributed by atoms with E-state index in [1.54, 1.807) is 31.7 Å². The van der Waals surface area contributed by atoms with Crippen LogP contribution < -0.4 is 16.0 Å². The van der Waals surface area contributed by atoms with Crippen LogP contribution in [-0.4, -0.2) is 40.3 Å². The summed E-state index contributed by atoms with van der Waals surface area (Å²) in [7, 11) is 1.71. The van der Waals surface area contributed by atoms with Crippen molar-refractivity contribution in [3.05, 3.63) is 24.7 Å². The monoisotopic (exact) mass is 339 g/mol. The highest BCUT2D eigenvalue weighted by atomic mass is 16.2. The van der Waals surface area contributed by atoms with E-state index in [-0.39, 0.29) is 5.92 Å². The van der Waals surface area contributed by atoms with Crippen LogP contribution in [0, 0.1) is 17.2 Å². The van der Waals surface area contributed by atoms with Gasteiger partial charge >= 0.3 is 6.03 Å². The fourth-order valence-corrected chi connectivity index (χ4v) is 2.58. The molecule has 0 aliphatic heterocycles. The van der Waals surface area contributed by atoms with Gasteiger partial charge in [0, 0.05) is 30.6 Å². The summed E-state index contributed by atoms with van der Waals surface area (Å²) < 4.78 is 1.16. The minimum absolute atomic E-state index is 0.233. The first kappa shape index (κ1) is 16.4. The quantitative estimate of drug-likeness (QED) is 0.684. The molecule has 3 N–H and O–H groups in total. The van der Waals surface area contributed by atoms with Gasteiger partial charge in [-0.3, -0.25) is 4.79 Å². The largest absolute Gasteiger partial charge is 0.385 e. The van der Waals surface area contributed by atoms with E-state index in [0.29, 0.717) is 23.5 Å². The maximum Gasteiger partial charge on any atom is 0.343 e. The van der Waals surface area contributed by atoms with E-state index in [0.717, 1.165) is 23.1 Å². The Balaban J connectivity index is 1.84. The summed E-state index contributed by atoms with van der Waals surface area (Å²) in [5.74, 6) is 0.613. The first-order valence-electron chi connectivity index (χ1n) is 7.80. The first-order chi connectivity index (χ1) is 12.2. The molecule has 1 aliphatic rings. The number of rotatable bonds is 6. The molecule has 9 heteroatoms. The van der Waals surface area contributed by atoms with Gasteiger partial charge in [-0.1, -0.05) is 0 Å². The number of carbonyl (C=O) groups excluding carboxylic acids is 2. The van der Waals surface area contributed by atoms with Gasteiger partial charge in [0.15, 0.2) is 5.82 Å². The van der Waals surface area contributed by atoms with Crippen LogP contribution in [0.4, 0.5) is 16.3 Å². The zero-order valence-electron chi connectivity index (χ0n) is 13.6. The van der Waals surface area contributed by atoms with Crippen molar-refractivity contribution >= 4 is 23.9 Å². The fourth-order valence-electron chi connectivity index (χ4n) is 2.58. The van der Waals surface area contributed by atoms with E-state index in [4.69, 9.17) is 5.26 Å². The van der Waals surface area contributed by atoms with Gasteiger partial charge in [0.2, 0.25) is 6.41 Å². The second-order valence-corrected chi connectivity index (χ2v) is 5.66. The average Bonchev–Trinajstić information content (AvgIpc) is 3.35. The minimum atomic E-state index is -0.489. The number of nitrogens with one attached hydrogen (secondary N) is 3. The van der Waals surface area contributed by atoms with Gasteiger partial charge in [0.1, 0.15) is 6.04 Å². The molecule has 1 unspecified atom stereocenters. The Morgan fingerprint density at radius 2 is 2.32 bits per heavy atom. The third kappa shape index (κ3) is 3.42. The summed E-state index contributed by atoms with van der Waals surface area (Å²) in [6.45, 7) is 0. The van der Waals surface area contributed by atoms with Gasteiger partial charge in [-0.2, -0.15) is 15.0 Å². The standard InChI is InChI=1S/C16H17N7O2/c1-18-14-12(4-5-19-15(14)20-9-24)11-7-21-23(8-11)16(25)22-13(6-17)10-2-3-10/h4-5,7-10,13,18H,2-3H2,1H3,(H,22,25)(H,19,20,24). The van der Waals surface area contributed by atoms with Crippen LogP contribution in [0.5, 0.6) is 0 Å². The lowest BCUT2D eigenvalue weighted by Gasteiger charge is -2.11. The lowest BCUT2D eigenvalue weighted by Crippen LogP contribution is -2.38. The molecule has 2 amide bonds. The van der Waals surface area contributed by atoms with E-state index in [1.165, 1.54) is 0 Å². The molecular formula is C16H17N7O2. The molecule has 1 saturated carbocycles. The number of pyridine rings is 1. The van der Waals surface area contributed by atoms with Gasteiger partial charge in [0.25, 0.3) is 0 Å². The maximum absolute atomic E-state index is 12.3. The van der Waals surface area contributed by atoms with Crippen molar-refractivity contribution in [3.8, 4) is 17.2 Å². The summed E-state index contributed by atoms with van der Waals surface area (Å²) in [5, 5.41) is 21.4. The Bertz CT molecular complexity index is 835. The molecule has 9 nitrogen and oxygen atoms in total. The predicted octanol–water partition coefficient (Wildman–Crippen LogP) is 1.41. The van der Waals surface area contributed by atoms with Crippen molar-refractivity contribution in [2.75, 3.05) is 17.7 Å². The first-order valence-corrected chi connectivity index (χ1v) is 7.80. The van der Waals surface area contributed by atoms with Crippen LogP contribution >= 0.6 is 0 Å². The molecule has 2 aromatic heterocycles. The highest BCUT2D eigenvalue weighted by Gasteiger charge is 2.32. The molecule has 0 aromatic carbocycles. The Morgan fingerprint density at radius 3 is 2.96 bits per heavy atom. The van der Waals surface area contributed by atoms with E-state index in [9.17, 15) is 9.59 Å². The van der Waals surface area contributed by atoms with Crippen molar-refractivity contribution in [1.29, 1.82) is 5.26 Å². The number of nitrogens with zero attached hydrogens (tertiary/aromatic N) is 4. The predicted molar refractivity (Wildman–Crippen MR) is 90.7 cm³/mol. The van der Waals surface area contributed by atoms with Gasteiger partial charge in [-0.05, 0) is 24.8 Å². The molecule has 2 heterocycles. The highest BCUT2D eigenvalue weighted by molar-refractivity contribution is 5.89.